The van der Waals surface area contributed by atoms with E-state index in [1.165, 1.54) is 19.3 Å². The third-order valence-electron chi connectivity index (χ3n) is 8.98. The average molecular weight is 462 g/mol. The standard InChI is InChI=1S/C27H47N3O3/c1-5-27(24(31)28-21-15-9-6-12-18(21)2,25(32)29-22-16-10-7-13-19(22)3)26(33)30-23-17-11-8-14-20(23)4/h18-23H,5-17H2,1-4H3,(H,28,31)(H,29,32)(H,30,33). The van der Waals surface area contributed by atoms with Gasteiger partial charge < -0.3 is 16.0 Å². The van der Waals surface area contributed by atoms with Crippen LogP contribution in [0.2, 0.25) is 0 Å². The molecule has 6 nitrogen and oxygen atoms in total. The second-order valence-electron chi connectivity index (χ2n) is 11.3. The molecule has 0 saturated heterocycles. The van der Waals surface area contributed by atoms with Crippen LogP contribution in [-0.4, -0.2) is 35.8 Å². The maximum Gasteiger partial charge on any atom is 0.245 e. The Bertz CT molecular complexity index is 606. The van der Waals surface area contributed by atoms with Crippen LogP contribution in [0.3, 0.4) is 0 Å². The van der Waals surface area contributed by atoms with E-state index < -0.39 is 23.1 Å². The van der Waals surface area contributed by atoms with Gasteiger partial charge in [-0.2, -0.15) is 0 Å². The molecule has 0 spiro atoms. The first kappa shape index (κ1) is 26.0. The topological polar surface area (TPSA) is 87.3 Å². The predicted molar refractivity (Wildman–Crippen MR) is 131 cm³/mol. The second kappa shape index (κ2) is 11.7. The summed E-state index contributed by atoms with van der Waals surface area (Å²) in [5, 5.41) is 9.48. The van der Waals surface area contributed by atoms with E-state index in [0.29, 0.717) is 17.8 Å². The highest BCUT2D eigenvalue weighted by molar-refractivity contribution is 6.22. The maximum atomic E-state index is 13.8. The van der Waals surface area contributed by atoms with Crippen LogP contribution in [0.4, 0.5) is 0 Å². The minimum atomic E-state index is -1.72. The zero-order chi connectivity index (χ0) is 24.0. The van der Waals surface area contributed by atoms with Crippen LogP contribution in [0.5, 0.6) is 0 Å². The summed E-state index contributed by atoms with van der Waals surface area (Å²) in [4.78, 5) is 41.4. The van der Waals surface area contributed by atoms with Crippen LogP contribution < -0.4 is 16.0 Å². The lowest BCUT2D eigenvalue weighted by Crippen LogP contribution is -2.64. The largest absolute Gasteiger partial charge is 0.352 e. The van der Waals surface area contributed by atoms with Crippen molar-refractivity contribution in [2.75, 3.05) is 0 Å². The zero-order valence-electron chi connectivity index (χ0n) is 21.4. The van der Waals surface area contributed by atoms with Crippen molar-refractivity contribution < 1.29 is 14.4 Å². The van der Waals surface area contributed by atoms with Gasteiger partial charge in [-0.15, -0.1) is 0 Å². The molecule has 0 aromatic heterocycles. The van der Waals surface area contributed by atoms with Gasteiger partial charge in [-0.05, 0) is 62.7 Å². The number of carbonyl (C=O) groups is 3. The molecule has 0 radical (unpaired) electrons. The van der Waals surface area contributed by atoms with Gasteiger partial charge in [0.2, 0.25) is 23.1 Å². The molecule has 6 heteroatoms. The summed E-state index contributed by atoms with van der Waals surface area (Å²) in [5.74, 6) is -0.151. The SMILES string of the molecule is CCC(C(=O)NC1CCCCC1C)(C(=O)NC1CCCCC1C)C(=O)NC1CCCCC1C. The average Bonchev–Trinajstić information content (AvgIpc) is 2.79. The number of rotatable bonds is 7. The van der Waals surface area contributed by atoms with Gasteiger partial charge in [-0.25, -0.2) is 0 Å². The minimum absolute atomic E-state index is 0.0278. The lowest BCUT2D eigenvalue weighted by Gasteiger charge is -2.38. The summed E-state index contributed by atoms with van der Waals surface area (Å²) in [7, 11) is 0. The third kappa shape index (κ3) is 5.92. The first-order chi connectivity index (χ1) is 15.8. The van der Waals surface area contributed by atoms with Crippen molar-refractivity contribution in [3.63, 3.8) is 0 Å². The highest BCUT2D eigenvalue weighted by Gasteiger charge is 2.53. The van der Waals surface area contributed by atoms with E-state index in [0.717, 1.165) is 57.8 Å². The lowest BCUT2D eigenvalue weighted by molar-refractivity contribution is -0.154. The summed E-state index contributed by atoms with van der Waals surface area (Å²) in [5.41, 5.74) is -1.72. The molecule has 3 saturated carbocycles. The molecule has 0 bridgehead atoms. The monoisotopic (exact) mass is 461 g/mol. The molecule has 0 aromatic rings. The molecule has 3 fully saturated rings. The molecular weight excluding hydrogens is 414 g/mol. The van der Waals surface area contributed by atoms with E-state index in [4.69, 9.17) is 0 Å². The molecule has 33 heavy (non-hydrogen) atoms. The molecule has 0 aliphatic heterocycles. The summed E-state index contributed by atoms with van der Waals surface area (Å²) in [6, 6.07) is 0.0833. The van der Waals surface area contributed by atoms with Crippen LogP contribution in [0.25, 0.3) is 0 Å². The fourth-order valence-electron chi connectivity index (χ4n) is 6.26. The van der Waals surface area contributed by atoms with Gasteiger partial charge in [-0.1, -0.05) is 66.2 Å². The Morgan fingerprint density at radius 3 is 1.09 bits per heavy atom. The van der Waals surface area contributed by atoms with E-state index in [-0.39, 0.29) is 24.5 Å². The predicted octanol–water partition coefficient (Wildman–Crippen LogP) is 4.47. The summed E-state index contributed by atoms with van der Waals surface area (Å²) in [6.07, 6.45) is 12.9. The Hall–Kier alpha value is -1.59. The Kier molecular flexibility index (Phi) is 9.23. The Balaban J connectivity index is 1.84. The van der Waals surface area contributed by atoms with Crippen molar-refractivity contribution >= 4 is 17.7 Å². The van der Waals surface area contributed by atoms with Crippen molar-refractivity contribution in [1.29, 1.82) is 0 Å². The number of hydrogen-bond acceptors (Lipinski definition) is 3. The van der Waals surface area contributed by atoms with Crippen molar-refractivity contribution in [2.45, 2.75) is 129 Å². The molecule has 6 atom stereocenters. The molecule has 3 aliphatic carbocycles. The van der Waals surface area contributed by atoms with E-state index in [1.54, 1.807) is 6.92 Å². The Labute approximate surface area is 200 Å². The highest BCUT2D eigenvalue weighted by atomic mass is 16.2. The molecule has 188 valence electrons. The van der Waals surface area contributed by atoms with Gasteiger partial charge in [-0.3, -0.25) is 14.4 Å². The number of hydrogen-bond donors (Lipinski definition) is 3. The Morgan fingerprint density at radius 1 is 0.576 bits per heavy atom. The molecule has 3 amide bonds. The fourth-order valence-corrected chi connectivity index (χ4v) is 6.26. The van der Waals surface area contributed by atoms with Crippen molar-refractivity contribution in [2.24, 2.45) is 23.2 Å². The van der Waals surface area contributed by atoms with E-state index >= 15 is 0 Å². The molecule has 3 N–H and O–H groups in total. The lowest BCUT2D eigenvalue weighted by atomic mass is 9.77. The second-order valence-corrected chi connectivity index (χ2v) is 11.3. The smallest absolute Gasteiger partial charge is 0.245 e. The maximum absolute atomic E-state index is 13.8. The fraction of sp³-hybridized carbons (Fsp3) is 0.889. The molecule has 3 rings (SSSR count). The summed E-state index contributed by atoms with van der Waals surface area (Å²) < 4.78 is 0. The van der Waals surface area contributed by atoms with Gasteiger partial charge >= 0.3 is 0 Å². The number of amides is 3. The molecular formula is C27H47N3O3. The third-order valence-corrected chi connectivity index (χ3v) is 8.98. The van der Waals surface area contributed by atoms with Crippen LogP contribution in [0.15, 0.2) is 0 Å². The van der Waals surface area contributed by atoms with E-state index in [2.05, 4.69) is 36.7 Å². The molecule has 0 aromatic carbocycles. The van der Waals surface area contributed by atoms with Gasteiger partial charge in [0.05, 0.1) is 0 Å². The van der Waals surface area contributed by atoms with Crippen LogP contribution in [0.1, 0.15) is 111 Å². The molecule has 3 aliphatic rings. The van der Waals surface area contributed by atoms with Gasteiger partial charge in [0, 0.05) is 18.1 Å². The van der Waals surface area contributed by atoms with Crippen molar-refractivity contribution in [1.82, 2.24) is 16.0 Å². The van der Waals surface area contributed by atoms with Crippen molar-refractivity contribution in [3.8, 4) is 0 Å². The van der Waals surface area contributed by atoms with Crippen LogP contribution >= 0.6 is 0 Å². The Morgan fingerprint density at radius 2 is 0.848 bits per heavy atom. The quantitative estimate of drug-likeness (QED) is 0.489. The first-order valence-electron chi connectivity index (χ1n) is 13.7. The van der Waals surface area contributed by atoms with Crippen LogP contribution in [0, 0.1) is 23.2 Å². The zero-order valence-corrected chi connectivity index (χ0v) is 21.4. The number of nitrogens with one attached hydrogen (secondary N) is 3. The van der Waals surface area contributed by atoms with E-state index in [1.807, 2.05) is 0 Å². The van der Waals surface area contributed by atoms with Crippen LogP contribution in [-0.2, 0) is 14.4 Å². The summed E-state index contributed by atoms with van der Waals surface area (Å²) >= 11 is 0. The first-order valence-corrected chi connectivity index (χ1v) is 13.7. The molecule has 6 unspecified atom stereocenters. The van der Waals surface area contributed by atoms with Gasteiger partial charge in [0.25, 0.3) is 0 Å². The highest BCUT2D eigenvalue weighted by Crippen LogP contribution is 2.32. The summed E-state index contributed by atoms with van der Waals surface area (Å²) in [6.45, 7) is 8.28. The van der Waals surface area contributed by atoms with Gasteiger partial charge in [0.1, 0.15) is 0 Å². The molecule has 0 heterocycles. The van der Waals surface area contributed by atoms with Gasteiger partial charge in [0.15, 0.2) is 0 Å². The number of carbonyl (C=O) groups excluding carboxylic acids is 3. The normalized spacial score (nSPS) is 34.5. The van der Waals surface area contributed by atoms with Crippen molar-refractivity contribution in [3.05, 3.63) is 0 Å². The van der Waals surface area contributed by atoms with E-state index in [9.17, 15) is 14.4 Å². The minimum Gasteiger partial charge on any atom is -0.352 e.